The van der Waals surface area contributed by atoms with E-state index in [1.165, 1.54) is 11.8 Å². The Morgan fingerprint density at radius 1 is 1.11 bits per heavy atom. The maximum absolute atomic E-state index is 13.3. The lowest BCUT2D eigenvalue weighted by Gasteiger charge is -2.36. The Balaban J connectivity index is 1.65. The summed E-state index contributed by atoms with van der Waals surface area (Å²) < 4.78 is 21.5. The van der Waals surface area contributed by atoms with E-state index in [2.05, 4.69) is 15.3 Å². The number of carbonyl (C=O) groups is 2. The highest BCUT2D eigenvalue weighted by molar-refractivity contribution is 8.16. The molecule has 1 N–H and O–H groups in total. The Morgan fingerprint density at radius 2 is 1.92 bits per heavy atom. The number of methoxy groups -OCH3 is 3. The van der Waals surface area contributed by atoms with Crippen LogP contribution in [0.2, 0.25) is 0 Å². The van der Waals surface area contributed by atoms with Crippen LogP contribution in [0.3, 0.4) is 0 Å². The predicted molar refractivity (Wildman–Crippen MR) is 143 cm³/mol. The first-order valence-corrected chi connectivity index (χ1v) is 12.8. The van der Waals surface area contributed by atoms with Crippen molar-refractivity contribution in [1.82, 2.24) is 15.2 Å². The van der Waals surface area contributed by atoms with E-state index in [0.717, 1.165) is 11.1 Å². The van der Waals surface area contributed by atoms with Crippen molar-refractivity contribution in [1.29, 1.82) is 0 Å². The van der Waals surface area contributed by atoms with E-state index in [4.69, 9.17) is 18.9 Å². The minimum Gasteiger partial charge on any atom is -0.493 e. The first-order valence-electron chi connectivity index (χ1n) is 11.9. The van der Waals surface area contributed by atoms with Crippen LogP contribution in [-0.4, -0.2) is 61.5 Å². The van der Waals surface area contributed by atoms with Gasteiger partial charge in [0.05, 0.1) is 44.6 Å². The van der Waals surface area contributed by atoms with Crippen molar-refractivity contribution in [3.63, 3.8) is 0 Å². The van der Waals surface area contributed by atoms with Crippen molar-refractivity contribution >= 4 is 28.8 Å². The van der Waals surface area contributed by atoms with E-state index >= 15 is 0 Å². The smallest absolute Gasteiger partial charge is 0.338 e. The Kier molecular flexibility index (Phi) is 9.03. The highest BCUT2D eigenvalue weighted by Crippen LogP contribution is 2.46. The van der Waals surface area contributed by atoms with Gasteiger partial charge in [0.1, 0.15) is 6.61 Å². The molecule has 0 saturated carbocycles. The zero-order valence-electron chi connectivity index (χ0n) is 21.7. The lowest BCUT2D eigenvalue weighted by atomic mass is 9.93. The first kappa shape index (κ1) is 27.2. The maximum Gasteiger partial charge on any atom is 0.338 e. The van der Waals surface area contributed by atoms with Crippen LogP contribution >= 0.6 is 11.8 Å². The third-order valence-electron chi connectivity index (χ3n) is 6.02. The Hall–Kier alpha value is -3.83. The van der Waals surface area contributed by atoms with Gasteiger partial charge in [-0.25, -0.2) is 9.79 Å². The van der Waals surface area contributed by atoms with Gasteiger partial charge in [0, 0.05) is 31.7 Å². The van der Waals surface area contributed by atoms with Crippen LogP contribution in [0.4, 0.5) is 0 Å². The van der Waals surface area contributed by atoms with Crippen molar-refractivity contribution in [3.05, 3.63) is 76.2 Å². The Bertz CT molecular complexity index is 1280. The molecule has 0 aliphatic carbocycles. The molecule has 1 unspecified atom stereocenters. The number of hydrogen-bond donors (Lipinski definition) is 1. The summed E-state index contributed by atoms with van der Waals surface area (Å²) in [6, 6.07) is 8.61. The monoisotopic (exact) mass is 538 g/mol. The van der Waals surface area contributed by atoms with Crippen LogP contribution in [0.1, 0.15) is 30.5 Å². The average Bonchev–Trinajstić information content (AvgIpc) is 3.32. The second kappa shape index (κ2) is 12.6. The van der Waals surface area contributed by atoms with Gasteiger partial charge in [-0.15, -0.1) is 0 Å². The Labute approximate surface area is 225 Å². The summed E-state index contributed by atoms with van der Waals surface area (Å²) in [6.07, 6.45) is 3.49. The van der Waals surface area contributed by atoms with E-state index in [1.807, 2.05) is 34.6 Å². The van der Waals surface area contributed by atoms with E-state index < -0.39 is 12.0 Å². The van der Waals surface area contributed by atoms with Gasteiger partial charge in [-0.1, -0.05) is 23.9 Å². The molecule has 0 saturated heterocycles. The largest absolute Gasteiger partial charge is 0.493 e. The molecule has 0 spiro atoms. The molecule has 11 heteroatoms. The number of pyridine rings is 1. The fourth-order valence-corrected chi connectivity index (χ4v) is 5.16. The van der Waals surface area contributed by atoms with E-state index in [-0.39, 0.29) is 25.5 Å². The van der Waals surface area contributed by atoms with Crippen LogP contribution in [0.5, 0.6) is 11.5 Å². The molecular weight excluding hydrogens is 508 g/mol. The molecule has 0 fully saturated rings. The second-order valence-corrected chi connectivity index (χ2v) is 9.29. The maximum atomic E-state index is 13.3. The third kappa shape index (κ3) is 6.00. The fraction of sp³-hybridized carbons (Fsp3) is 0.333. The molecule has 0 bridgehead atoms. The van der Waals surface area contributed by atoms with E-state index in [1.54, 1.807) is 46.7 Å². The number of carbonyl (C=O) groups excluding carboxylic acids is 2. The number of amidine groups is 1. The number of hydrogen-bond acceptors (Lipinski definition) is 10. The predicted octanol–water partition coefficient (Wildman–Crippen LogP) is 3.57. The summed E-state index contributed by atoms with van der Waals surface area (Å²) in [5, 5.41) is 5.50. The number of allylic oxidation sites excluding steroid dienone is 1. The highest BCUT2D eigenvalue weighted by Gasteiger charge is 2.41. The van der Waals surface area contributed by atoms with Gasteiger partial charge in [0.25, 0.3) is 0 Å². The zero-order chi connectivity index (χ0) is 27.1. The molecule has 2 aromatic rings. The molecule has 38 heavy (non-hydrogen) atoms. The summed E-state index contributed by atoms with van der Waals surface area (Å²) in [5.41, 5.74) is 3.30. The normalized spacial score (nSPS) is 16.4. The SMILES string of the molecule is COCCOC(=O)C1=C(C)N=C2SC=C(CC(=O)NCc3cccnc3)N2C1c1ccc(OC)c(OC)c1. The van der Waals surface area contributed by atoms with Gasteiger partial charge < -0.3 is 29.2 Å². The summed E-state index contributed by atoms with van der Waals surface area (Å²) in [7, 11) is 4.66. The first-order chi connectivity index (χ1) is 18.5. The number of esters is 1. The van der Waals surface area contributed by atoms with Gasteiger partial charge in [-0.05, 0) is 41.7 Å². The highest BCUT2D eigenvalue weighted by atomic mass is 32.2. The van der Waals surface area contributed by atoms with Crippen molar-refractivity contribution in [3.8, 4) is 11.5 Å². The van der Waals surface area contributed by atoms with Crippen LogP contribution < -0.4 is 14.8 Å². The van der Waals surface area contributed by atoms with Gasteiger partial charge in [0.2, 0.25) is 5.91 Å². The lowest BCUT2D eigenvalue weighted by Crippen LogP contribution is -2.38. The van der Waals surface area contributed by atoms with Crippen molar-refractivity contribution in [2.24, 2.45) is 4.99 Å². The number of fused-ring (bicyclic) bond motifs is 1. The van der Waals surface area contributed by atoms with Crippen LogP contribution in [-0.2, 0) is 25.6 Å². The summed E-state index contributed by atoms with van der Waals surface area (Å²) in [4.78, 5) is 36.9. The number of nitrogens with one attached hydrogen (secondary N) is 1. The molecule has 200 valence electrons. The number of nitrogens with zero attached hydrogens (tertiary/aromatic N) is 3. The summed E-state index contributed by atoms with van der Waals surface area (Å²) in [5.74, 6) is 0.417. The van der Waals surface area contributed by atoms with E-state index in [0.29, 0.717) is 40.2 Å². The third-order valence-corrected chi connectivity index (χ3v) is 6.91. The quantitative estimate of drug-likeness (QED) is 0.339. The number of thioether (sulfide) groups is 1. The molecule has 2 aliphatic rings. The molecule has 1 atom stereocenters. The van der Waals surface area contributed by atoms with Gasteiger partial charge in [-0.3, -0.25) is 9.78 Å². The summed E-state index contributed by atoms with van der Waals surface area (Å²) >= 11 is 1.41. The number of rotatable bonds is 11. The average molecular weight is 539 g/mol. The molecule has 1 aromatic heterocycles. The minimum atomic E-state index is -0.593. The molecule has 0 radical (unpaired) electrons. The minimum absolute atomic E-state index is 0.0983. The van der Waals surface area contributed by atoms with Crippen molar-refractivity contribution < 1.29 is 28.5 Å². The number of benzene rings is 1. The molecule has 2 aliphatic heterocycles. The van der Waals surface area contributed by atoms with Crippen molar-refractivity contribution in [2.75, 3.05) is 34.5 Å². The number of ether oxygens (including phenoxy) is 4. The van der Waals surface area contributed by atoms with Gasteiger partial charge in [0.15, 0.2) is 16.7 Å². The molecule has 4 rings (SSSR count). The molecule has 1 aromatic carbocycles. The van der Waals surface area contributed by atoms with Gasteiger partial charge in [-0.2, -0.15) is 0 Å². The van der Waals surface area contributed by atoms with Crippen LogP contribution in [0.25, 0.3) is 0 Å². The fourth-order valence-electron chi connectivity index (χ4n) is 4.19. The summed E-state index contributed by atoms with van der Waals surface area (Å²) in [6.45, 7) is 2.53. The zero-order valence-corrected chi connectivity index (χ0v) is 22.5. The molecular formula is C27H30N4O6S. The lowest BCUT2D eigenvalue weighted by molar-refractivity contribution is -0.141. The van der Waals surface area contributed by atoms with Gasteiger partial charge >= 0.3 is 5.97 Å². The Morgan fingerprint density at radius 3 is 2.63 bits per heavy atom. The van der Waals surface area contributed by atoms with Crippen LogP contribution in [0, 0.1) is 0 Å². The number of amides is 1. The second-order valence-electron chi connectivity index (χ2n) is 8.45. The topological polar surface area (TPSA) is 112 Å². The molecule has 10 nitrogen and oxygen atoms in total. The van der Waals surface area contributed by atoms with Crippen LogP contribution in [0.15, 0.2) is 70.1 Å². The molecule has 1 amide bonds. The van der Waals surface area contributed by atoms with Crippen molar-refractivity contribution in [2.45, 2.75) is 25.9 Å². The van der Waals surface area contributed by atoms with E-state index in [9.17, 15) is 9.59 Å². The molecule has 3 heterocycles. The number of aliphatic imine (C=N–C) groups is 1. The number of aromatic nitrogens is 1. The standard InChI is InChI=1S/C27H30N4O6S/c1-17-24(26(33)37-11-10-34-2)25(19-7-8-21(35-3)22(12-19)36-4)31-20(16-38-27(31)30-17)13-23(32)29-15-18-6-5-9-28-14-18/h5-9,12,14,16,25H,10-11,13,15H2,1-4H3,(H,29,32).